The highest BCUT2D eigenvalue weighted by Crippen LogP contribution is 2.29. The van der Waals surface area contributed by atoms with Gasteiger partial charge >= 0.3 is 0 Å². The monoisotopic (exact) mass is 223 g/mol. The molecule has 1 fully saturated rings. The number of aromatic nitrogens is 2. The summed E-state index contributed by atoms with van der Waals surface area (Å²) in [6.45, 7) is 0.685. The third kappa shape index (κ3) is 2.74. The van der Waals surface area contributed by atoms with Gasteiger partial charge in [0, 0.05) is 0 Å². The van der Waals surface area contributed by atoms with Crippen LogP contribution in [0.1, 0.15) is 25.7 Å². The van der Waals surface area contributed by atoms with Crippen LogP contribution in [0.4, 0.5) is 5.95 Å². The molecule has 0 spiro atoms. The topological polar surface area (TPSA) is 70.3 Å². The number of methoxy groups -OCH3 is 1. The predicted octanol–water partition coefficient (Wildman–Crippen LogP) is 1.64. The van der Waals surface area contributed by atoms with Crippen molar-refractivity contribution in [3.05, 3.63) is 6.07 Å². The summed E-state index contributed by atoms with van der Waals surface area (Å²) in [4.78, 5) is 7.87. The van der Waals surface area contributed by atoms with Gasteiger partial charge in [0.2, 0.25) is 17.7 Å². The molecule has 5 nitrogen and oxygen atoms in total. The van der Waals surface area contributed by atoms with Gasteiger partial charge in [0.1, 0.15) is 0 Å². The predicted molar refractivity (Wildman–Crippen MR) is 60.4 cm³/mol. The van der Waals surface area contributed by atoms with Crippen molar-refractivity contribution >= 4 is 5.95 Å². The summed E-state index contributed by atoms with van der Waals surface area (Å²) in [5.41, 5.74) is 5.52. The maximum atomic E-state index is 5.52. The number of hydrogen-bond acceptors (Lipinski definition) is 5. The fourth-order valence-electron chi connectivity index (χ4n) is 1.71. The fourth-order valence-corrected chi connectivity index (χ4v) is 1.71. The van der Waals surface area contributed by atoms with Gasteiger partial charge in [0.05, 0.1) is 19.8 Å². The molecule has 0 saturated heterocycles. The van der Waals surface area contributed by atoms with Gasteiger partial charge in [-0.15, -0.1) is 0 Å². The van der Waals surface area contributed by atoms with Gasteiger partial charge in [-0.3, -0.25) is 0 Å². The Morgan fingerprint density at radius 1 is 1.38 bits per heavy atom. The Labute approximate surface area is 95.0 Å². The highest BCUT2D eigenvalue weighted by Gasteiger charge is 2.17. The molecule has 1 aromatic heterocycles. The molecule has 0 unspecified atom stereocenters. The van der Waals surface area contributed by atoms with Crippen LogP contribution in [-0.4, -0.2) is 23.7 Å². The first kappa shape index (κ1) is 11.0. The molecule has 2 rings (SSSR count). The van der Waals surface area contributed by atoms with E-state index in [-0.39, 0.29) is 5.95 Å². The average molecular weight is 223 g/mol. The van der Waals surface area contributed by atoms with Crippen LogP contribution in [-0.2, 0) is 0 Å². The van der Waals surface area contributed by atoms with E-state index in [0.717, 1.165) is 12.3 Å². The Kier molecular flexibility index (Phi) is 3.44. The van der Waals surface area contributed by atoms with Crippen molar-refractivity contribution in [3.63, 3.8) is 0 Å². The van der Waals surface area contributed by atoms with Crippen LogP contribution in [0.5, 0.6) is 11.8 Å². The van der Waals surface area contributed by atoms with Crippen molar-refractivity contribution in [1.29, 1.82) is 0 Å². The van der Waals surface area contributed by atoms with E-state index in [1.165, 1.54) is 19.3 Å². The van der Waals surface area contributed by atoms with Crippen molar-refractivity contribution in [1.82, 2.24) is 9.97 Å². The minimum atomic E-state index is 0.179. The average Bonchev–Trinajstić information content (AvgIpc) is 2.21. The third-order valence-electron chi connectivity index (χ3n) is 2.91. The van der Waals surface area contributed by atoms with E-state index in [4.69, 9.17) is 15.2 Å². The lowest BCUT2D eigenvalue weighted by Gasteiger charge is -2.24. The van der Waals surface area contributed by atoms with Crippen molar-refractivity contribution in [2.24, 2.45) is 5.92 Å². The molecule has 2 N–H and O–H groups in total. The second-order valence-corrected chi connectivity index (χ2v) is 4.04. The number of hydrogen-bond donors (Lipinski definition) is 1. The summed E-state index contributed by atoms with van der Waals surface area (Å²) in [5, 5.41) is 0. The Hall–Kier alpha value is -1.52. The maximum Gasteiger partial charge on any atom is 0.226 e. The standard InChI is InChI=1S/C11H17N3O2/c1-15-9-7-10(14-11(12)13-9)16-6-5-8-3-2-4-8/h7-8H,2-6H2,1H3,(H2,12,13,14). The highest BCUT2D eigenvalue weighted by atomic mass is 16.5. The quantitative estimate of drug-likeness (QED) is 0.821. The molecule has 0 aliphatic heterocycles. The first-order valence-electron chi connectivity index (χ1n) is 5.59. The third-order valence-corrected chi connectivity index (χ3v) is 2.91. The van der Waals surface area contributed by atoms with Crippen molar-refractivity contribution < 1.29 is 9.47 Å². The molecule has 1 aromatic rings. The zero-order valence-electron chi connectivity index (χ0n) is 9.48. The van der Waals surface area contributed by atoms with Crippen molar-refractivity contribution in [2.75, 3.05) is 19.5 Å². The molecule has 0 bridgehead atoms. The minimum absolute atomic E-state index is 0.179. The molecule has 0 amide bonds. The van der Waals surface area contributed by atoms with E-state index in [2.05, 4.69) is 9.97 Å². The van der Waals surface area contributed by atoms with Gasteiger partial charge in [-0.05, 0) is 12.3 Å². The van der Waals surface area contributed by atoms with E-state index in [9.17, 15) is 0 Å². The van der Waals surface area contributed by atoms with Gasteiger partial charge in [-0.1, -0.05) is 19.3 Å². The number of nitrogen functional groups attached to an aromatic ring is 1. The number of rotatable bonds is 5. The minimum Gasteiger partial charge on any atom is -0.481 e. The van der Waals surface area contributed by atoms with Gasteiger partial charge in [-0.25, -0.2) is 0 Å². The summed E-state index contributed by atoms with van der Waals surface area (Å²) >= 11 is 0. The van der Waals surface area contributed by atoms with Crippen LogP contribution in [0.2, 0.25) is 0 Å². The SMILES string of the molecule is COc1cc(OCCC2CCC2)nc(N)n1. The zero-order chi connectivity index (χ0) is 11.4. The number of ether oxygens (including phenoxy) is 2. The zero-order valence-corrected chi connectivity index (χ0v) is 9.48. The molecular formula is C11H17N3O2. The summed E-state index contributed by atoms with van der Waals surface area (Å²) in [5.74, 6) is 1.94. The van der Waals surface area contributed by atoms with Crippen LogP contribution < -0.4 is 15.2 Å². The first-order chi connectivity index (χ1) is 7.78. The normalized spacial score (nSPS) is 15.6. The van der Waals surface area contributed by atoms with E-state index < -0.39 is 0 Å². The van der Waals surface area contributed by atoms with Crippen LogP contribution in [0, 0.1) is 5.92 Å². The molecule has 0 atom stereocenters. The van der Waals surface area contributed by atoms with Gasteiger partial charge in [0.25, 0.3) is 0 Å². The molecule has 1 saturated carbocycles. The first-order valence-corrected chi connectivity index (χ1v) is 5.59. The molecular weight excluding hydrogens is 206 g/mol. The largest absolute Gasteiger partial charge is 0.481 e. The summed E-state index contributed by atoms with van der Waals surface area (Å²) in [7, 11) is 1.54. The van der Waals surface area contributed by atoms with Crippen molar-refractivity contribution in [2.45, 2.75) is 25.7 Å². The van der Waals surface area contributed by atoms with Crippen LogP contribution in [0.3, 0.4) is 0 Å². The van der Waals surface area contributed by atoms with Crippen LogP contribution in [0.15, 0.2) is 6.07 Å². The molecule has 5 heteroatoms. The van der Waals surface area contributed by atoms with Crippen molar-refractivity contribution in [3.8, 4) is 11.8 Å². The smallest absolute Gasteiger partial charge is 0.226 e. The fraction of sp³-hybridized carbons (Fsp3) is 0.636. The summed E-state index contributed by atoms with van der Waals surface area (Å²) in [6, 6.07) is 1.65. The number of nitrogens with two attached hydrogens (primary N) is 1. The summed E-state index contributed by atoms with van der Waals surface area (Å²) < 4.78 is 10.5. The lowest BCUT2D eigenvalue weighted by atomic mass is 9.83. The van der Waals surface area contributed by atoms with Gasteiger partial charge < -0.3 is 15.2 Å². The van der Waals surface area contributed by atoms with Gasteiger partial charge in [-0.2, -0.15) is 9.97 Å². The Balaban J connectivity index is 1.84. The second-order valence-electron chi connectivity index (χ2n) is 4.04. The van der Waals surface area contributed by atoms with E-state index >= 15 is 0 Å². The summed E-state index contributed by atoms with van der Waals surface area (Å²) in [6.07, 6.45) is 5.11. The molecule has 88 valence electrons. The molecule has 1 aliphatic carbocycles. The van der Waals surface area contributed by atoms with E-state index in [1.54, 1.807) is 13.2 Å². The Morgan fingerprint density at radius 3 is 2.75 bits per heavy atom. The molecule has 0 radical (unpaired) electrons. The van der Waals surface area contributed by atoms with E-state index in [0.29, 0.717) is 18.4 Å². The lowest BCUT2D eigenvalue weighted by molar-refractivity contribution is 0.216. The highest BCUT2D eigenvalue weighted by molar-refractivity contribution is 5.29. The molecule has 1 heterocycles. The number of nitrogens with zero attached hydrogens (tertiary/aromatic N) is 2. The molecule has 16 heavy (non-hydrogen) atoms. The Morgan fingerprint density at radius 2 is 2.12 bits per heavy atom. The Bertz CT molecular complexity index is 353. The maximum absolute atomic E-state index is 5.52. The molecule has 0 aromatic carbocycles. The van der Waals surface area contributed by atoms with Crippen LogP contribution >= 0.6 is 0 Å². The van der Waals surface area contributed by atoms with Gasteiger partial charge in [0.15, 0.2) is 0 Å². The molecule has 1 aliphatic rings. The van der Waals surface area contributed by atoms with Crippen LogP contribution in [0.25, 0.3) is 0 Å². The number of anilines is 1. The second kappa shape index (κ2) is 5.01. The lowest BCUT2D eigenvalue weighted by Crippen LogP contribution is -2.15. The van der Waals surface area contributed by atoms with E-state index in [1.807, 2.05) is 0 Å².